The molecule has 0 spiro atoms. The Balaban J connectivity index is 2.36. The van der Waals surface area contributed by atoms with Crippen LogP contribution in [0.5, 0.6) is 0 Å². The molecule has 0 amide bonds. The van der Waals surface area contributed by atoms with Gasteiger partial charge in [-0.25, -0.2) is 4.99 Å². The van der Waals surface area contributed by atoms with Crippen LogP contribution in [0.2, 0.25) is 0 Å². The van der Waals surface area contributed by atoms with Crippen molar-refractivity contribution in [1.29, 1.82) is 0 Å². The number of hydrogen-bond donors (Lipinski definition) is 3. The number of H-pyrrole nitrogens is 1. The second-order valence-corrected chi connectivity index (χ2v) is 2.80. The molecule has 4 nitrogen and oxygen atoms in total. The molecule has 5 N–H and O–H groups in total. The van der Waals surface area contributed by atoms with Gasteiger partial charge in [0.2, 0.25) is 0 Å². The maximum absolute atomic E-state index is 5.56. The number of nitrogens with two attached hydrogens (primary N) is 2. The van der Waals surface area contributed by atoms with Crippen molar-refractivity contribution < 1.29 is 0 Å². The topological polar surface area (TPSA) is 80.2 Å². The highest BCUT2D eigenvalue weighted by Gasteiger charge is 2.20. The average molecular weight is 162 g/mol. The third-order valence-electron chi connectivity index (χ3n) is 1.70. The van der Waals surface area contributed by atoms with Crippen molar-refractivity contribution >= 4 is 5.71 Å². The molecule has 0 unspecified atom stereocenters. The van der Waals surface area contributed by atoms with Gasteiger partial charge in [0, 0.05) is 6.20 Å². The molecule has 0 aromatic carbocycles. The lowest BCUT2D eigenvalue weighted by atomic mass is 10.3. The van der Waals surface area contributed by atoms with Gasteiger partial charge in [0.05, 0.1) is 11.4 Å². The van der Waals surface area contributed by atoms with E-state index in [4.69, 9.17) is 11.5 Å². The van der Waals surface area contributed by atoms with Gasteiger partial charge in [-0.3, -0.25) is 11.5 Å². The quantitative estimate of drug-likeness (QED) is 0.506. The summed E-state index contributed by atoms with van der Waals surface area (Å²) in [6, 6.07) is 3.82. The first-order valence-corrected chi connectivity index (χ1v) is 3.68. The van der Waals surface area contributed by atoms with E-state index in [0.29, 0.717) is 0 Å². The fraction of sp³-hybridized carbons (Fsp3) is 0.125. The number of nitrogens with zero attached hydrogens (tertiary/aromatic N) is 1. The molecule has 0 saturated carbocycles. The molecule has 1 aliphatic heterocycles. The predicted octanol–water partition coefficient (Wildman–Crippen LogP) is -0.0552. The first-order valence-electron chi connectivity index (χ1n) is 3.68. The zero-order chi connectivity index (χ0) is 8.60. The van der Waals surface area contributed by atoms with Crippen molar-refractivity contribution in [1.82, 2.24) is 4.98 Å². The molecule has 0 atom stereocenters. The molecule has 2 rings (SSSR count). The lowest BCUT2D eigenvalue weighted by molar-refractivity contribution is 0.596. The largest absolute Gasteiger partial charge is 0.360 e. The summed E-state index contributed by atoms with van der Waals surface area (Å²) in [6.45, 7) is 0. The van der Waals surface area contributed by atoms with Gasteiger partial charge in [-0.15, -0.1) is 0 Å². The lowest BCUT2D eigenvalue weighted by Gasteiger charge is -2.09. The van der Waals surface area contributed by atoms with Crippen LogP contribution in [-0.4, -0.2) is 16.5 Å². The van der Waals surface area contributed by atoms with Crippen molar-refractivity contribution in [2.75, 3.05) is 0 Å². The minimum atomic E-state index is -1.03. The van der Waals surface area contributed by atoms with Crippen molar-refractivity contribution in [3.8, 4) is 0 Å². The number of aromatic nitrogens is 1. The summed E-state index contributed by atoms with van der Waals surface area (Å²) < 4.78 is 0. The van der Waals surface area contributed by atoms with E-state index in [0.717, 1.165) is 11.4 Å². The standard InChI is InChI=1S/C8H10N4/c9-8(10)4-3-7(12-8)6-2-1-5-11-6/h1-5,11H,9-10H2. The molecule has 0 bridgehead atoms. The van der Waals surface area contributed by atoms with Crippen molar-refractivity contribution in [2.45, 2.75) is 5.79 Å². The molecular formula is C8H10N4. The number of nitrogens with one attached hydrogen (secondary N) is 1. The Bertz CT molecular complexity index is 332. The zero-order valence-corrected chi connectivity index (χ0v) is 6.49. The summed E-state index contributed by atoms with van der Waals surface area (Å²) in [5.74, 6) is -1.03. The van der Waals surface area contributed by atoms with Crippen LogP contribution in [0, 0.1) is 0 Å². The summed E-state index contributed by atoms with van der Waals surface area (Å²) in [5, 5.41) is 0. The molecular weight excluding hydrogens is 152 g/mol. The van der Waals surface area contributed by atoms with Crippen LogP contribution in [0.15, 0.2) is 35.5 Å². The van der Waals surface area contributed by atoms with E-state index in [1.54, 1.807) is 6.08 Å². The molecule has 4 heteroatoms. The molecule has 2 heterocycles. The van der Waals surface area contributed by atoms with E-state index < -0.39 is 5.79 Å². The summed E-state index contributed by atoms with van der Waals surface area (Å²) in [7, 11) is 0. The SMILES string of the molecule is NC1(N)C=CC(c2ccc[nH]2)=N1. The number of rotatable bonds is 1. The van der Waals surface area contributed by atoms with Gasteiger partial charge in [-0.1, -0.05) is 0 Å². The number of aromatic amines is 1. The van der Waals surface area contributed by atoms with Gasteiger partial charge in [-0.2, -0.15) is 0 Å². The van der Waals surface area contributed by atoms with Gasteiger partial charge in [-0.05, 0) is 24.3 Å². The molecule has 0 aliphatic carbocycles. The maximum Gasteiger partial charge on any atom is 0.180 e. The highest BCUT2D eigenvalue weighted by Crippen LogP contribution is 2.11. The fourth-order valence-corrected chi connectivity index (χ4v) is 1.14. The van der Waals surface area contributed by atoms with Crippen molar-refractivity contribution in [3.63, 3.8) is 0 Å². The summed E-state index contributed by atoms with van der Waals surface area (Å²) >= 11 is 0. The molecule has 1 aromatic rings. The van der Waals surface area contributed by atoms with Gasteiger partial charge in [0.15, 0.2) is 5.79 Å². The van der Waals surface area contributed by atoms with Crippen LogP contribution in [0.25, 0.3) is 0 Å². The normalized spacial score (nSPS) is 19.7. The van der Waals surface area contributed by atoms with Crippen LogP contribution in [0.3, 0.4) is 0 Å². The van der Waals surface area contributed by atoms with Crippen molar-refractivity contribution in [2.24, 2.45) is 16.5 Å². The lowest BCUT2D eigenvalue weighted by Crippen LogP contribution is -2.44. The highest BCUT2D eigenvalue weighted by atomic mass is 15.2. The van der Waals surface area contributed by atoms with Gasteiger partial charge >= 0.3 is 0 Å². The molecule has 0 fully saturated rings. The maximum atomic E-state index is 5.56. The molecule has 12 heavy (non-hydrogen) atoms. The minimum absolute atomic E-state index is 0.796. The monoisotopic (exact) mass is 162 g/mol. The Hall–Kier alpha value is -1.39. The number of hydrogen-bond acceptors (Lipinski definition) is 3. The third-order valence-corrected chi connectivity index (χ3v) is 1.70. The van der Waals surface area contributed by atoms with Gasteiger partial charge < -0.3 is 4.98 Å². The summed E-state index contributed by atoms with van der Waals surface area (Å²) in [5.41, 5.74) is 12.9. The Kier molecular flexibility index (Phi) is 1.39. The van der Waals surface area contributed by atoms with Gasteiger partial charge in [0.25, 0.3) is 0 Å². The summed E-state index contributed by atoms with van der Waals surface area (Å²) in [4.78, 5) is 7.12. The molecule has 62 valence electrons. The van der Waals surface area contributed by atoms with Crippen LogP contribution in [0.1, 0.15) is 5.69 Å². The third kappa shape index (κ3) is 1.17. The van der Waals surface area contributed by atoms with Crippen LogP contribution >= 0.6 is 0 Å². The molecule has 1 aliphatic rings. The van der Waals surface area contributed by atoms with Crippen LogP contribution in [0.4, 0.5) is 0 Å². The first kappa shape index (κ1) is 7.27. The smallest absolute Gasteiger partial charge is 0.180 e. The van der Waals surface area contributed by atoms with Crippen molar-refractivity contribution in [3.05, 3.63) is 36.2 Å². The number of allylic oxidation sites excluding steroid dienone is 1. The average Bonchev–Trinajstić information content (AvgIpc) is 2.55. The Morgan fingerprint density at radius 2 is 2.25 bits per heavy atom. The Morgan fingerprint density at radius 3 is 2.75 bits per heavy atom. The molecule has 1 aromatic heterocycles. The second-order valence-electron chi connectivity index (χ2n) is 2.80. The van der Waals surface area contributed by atoms with E-state index >= 15 is 0 Å². The number of aliphatic imine (C=N–C) groups is 1. The van der Waals surface area contributed by atoms with E-state index in [1.165, 1.54) is 0 Å². The minimum Gasteiger partial charge on any atom is -0.360 e. The Morgan fingerprint density at radius 1 is 1.42 bits per heavy atom. The van der Waals surface area contributed by atoms with E-state index in [2.05, 4.69) is 9.98 Å². The zero-order valence-electron chi connectivity index (χ0n) is 6.49. The van der Waals surface area contributed by atoms with Crippen LogP contribution in [-0.2, 0) is 0 Å². The van der Waals surface area contributed by atoms with E-state index in [-0.39, 0.29) is 0 Å². The van der Waals surface area contributed by atoms with Crippen LogP contribution < -0.4 is 11.5 Å². The van der Waals surface area contributed by atoms with Gasteiger partial charge in [0.1, 0.15) is 0 Å². The second kappa shape index (κ2) is 2.30. The fourth-order valence-electron chi connectivity index (χ4n) is 1.14. The Labute approximate surface area is 70.0 Å². The molecule has 0 saturated heterocycles. The predicted molar refractivity (Wildman–Crippen MR) is 47.6 cm³/mol. The highest BCUT2D eigenvalue weighted by molar-refractivity contribution is 6.09. The van der Waals surface area contributed by atoms with E-state index in [1.807, 2.05) is 24.4 Å². The molecule has 0 radical (unpaired) electrons. The first-order chi connectivity index (χ1) is 5.67. The summed E-state index contributed by atoms with van der Waals surface area (Å²) in [6.07, 6.45) is 5.31. The van der Waals surface area contributed by atoms with E-state index in [9.17, 15) is 0 Å².